The Morgan fingerprint density at radius 2 is 1.82 bits per heavy atom. The number of hydrogen-bond donors (Lipinski definition) is 7. The van der Waals surface area contributed by atoms with Crippen molar-refractivity contribution in [2.75, 3.05) is 6.54 Å². The number of esters is 1. The van der Waals surface area contributed by atoms with Crippen molar-refractivity contribution in [3.05, 3.63) is 11.8 Å². The predicted octanol–water partition coefficient (Wildman–Crippen LogP) is -4.75. The maximum absolute atomic E-state index is 11.8. The third-order valence-corrected chi connectivity index (χ3v) is 1.92. The third-order valence-electron chi connectivity index (χ3n) is 1.92. The topological polar surface area (TPSA) is 204 Å². The predicted molar refractivity (Wildman–Crippen MR) is 61.0 cm³/mol. The SMILES string of the molecule is Cn1cc(C(=O)NCC(=O)OC(O)(O)O)c(OC(O)(O)O)n1. The molecule has 1 amide bonds. The van der Waals surface area contributed by atoms with Crippen molar-refractivity contribution in [1.82, 2.24) is 15.1 Å². The van der Waals surface area contributed by atoms with Crippen molar-refractivity contribution in [3.8, 4) is 5.88 Å². The van der Waals surface area contributed by atoms with Crippen LogP contribution >= 0.6 is 0 Å². The first-order chi connectivity index (χ1) is 9.87. The number of nitrogens with one attached hydrogen (secondary N) is 1. The number of amides is 1. The molecule has 13 nitrogen and oxygen atoms in total. The molecule has 0 spiro atoms. The van der Waals surface area contributed by atoms with E-state index < -0.39 is 36.6 Å². The molecule has 0 fully saturated rings. The van der Waals surface area contributed by atoms with E-state index >= 15 is 0 Å². The second-order valence-corrected chi connectivity index (χ2v) is 3.93. The Hall–Kier alpha value is -2.29. The molecule has 1 heterocycles. The van der Waals surface area contributed by atoms with E-state index in [-0.39, 0.29) is 5.56 Å². The van der Waals surface area contributed by atoms with Gasteiger partial charge in [0.2, 0.25) is 0 Å². The lowest BCUT2D eigenvalue weighted by atomic mass is 10.3. The quantitative estimate of drug-likeness (QED) is 0.195. The molecule has 0 aliphatic rings. The van der Waals surface area contributed by atoms with Crippen molar-refractivity contribution < 1.29 is 49.7 Å². The molecule has 7 N–H and O–H groups in total. The summed E-state index contributed by atoms with van der Waals surface area (Å²) in [6.07, 6.45) is -6.20. The van der Waals surface area contributed by atoms with E-state index in [9.17, 15) is 9.59 Å². The highest BCUT2D eigenvalue weighted by Crippen LogP contribution is 2.18. The molecule has 0 radical (unpaired) electrons. The van der Waals surface area contributed by atoms with Gasteiger partial charge >= 0.3 is 18.3 Å². The molecule has 0 aliphatic heterocycles. The zero-order valence-electron chi connectivity index (χ0n) is 11.0. The average Bonchev–Trinajstić information content (AvgIpc) is 2.62. The molecule has 0 atom stereocenters. The van der Waals surface area contributed by atoms with Gasteiger partial charge in [-0.3, -0.25) is 9.48 Å². The summed E-state index contributed by atoms with van der Waals surface area (Å²) in [4.78, 5) is 22.8. The van der Waals surface area contributed by atoms with E-state index in [1.54, 1.807) is 0 Å². The number of carbonyl (C=O) groups excluding carboxylic acids is 2. The van der Waals surface area contributed by atoms with Gasteiger partial charge in [-0.15, -0.1) is 5.10 Å². The van der Waals surface area contributed by atoms with E-state index in [0.717, 1.165) is 10.9 Å². The molecule has 0 saturated carbocycles. The molecule has 0 bridgehead atoms. The maximum Gasteiger partial charge on any atom is 0.455 e. The summed E-state index contributed by atoms with van der Waals surface area (Å²) in [6.45, 7) is -0.876. The van der Waals surface area contributed by atoms with Crippen molar-refractivity contribution in [3.63, 3.8) is 0 Å². The molecule has 0 aliphatic carbocycles. The summed E-state index contributed by atoms with van der Waals surface area (Å²) in [5.41, 5.74) is -0.389. The lowest BCUT2D eigenvalue weighted by Gasteiger charge is -2.15. The van der Waals surface area contributed by atoms with E-state index in [2.05, 4.69) is 14.6 Å². The van der Waals surface area contributed by atoms with Crippen LogP contribution in [-0.2, 0) is 16.6 Å². The van der Waals surface area contributed by atoms with Gasteiger partial charge in [-0.2, -0.15) is 0 Å². The Morgan fingerprint density at radius 3 is 2.32 bits per heavy atom. The van der Waals surface area contributed by atoms with Crippen LogP contribution in [0, 0.1) is 0 Å². The number of aromatic nitrogens is 2. The number of nitrogens with zero attached hydrogens (tertiary/aromatic N) is 2. The van der Waals surface area contributed by atoms with Gasteiger partial charge < -0.3 is 45.4 Å². The van der Waals surface area contributed by atoms with Crippen LogP contribution in [0.5, 0.6) is 5.88 Å². The van der Waals surface area contributed by atoms with Crippen LogP contribution in [0.2, 0.25) is 0 Å². The summed E-state index contributed by atoms with van der Waals surface area (Å²) in [6, 6.07) is 0. The molecule has 13 heteroatoms. The second-order valence-electron chi connectivity index (χ2n) is 3.93. The Morgan fingerprint density at radius 1 is 1.23 bits per heavy atom. The zero-order valence-corrected chi connectivity index (χ0v) is 11.0. The van der Waals surface area contributed by atoms with Gasteiger partial charge in [0.15, 0.2) is 0 Å². The van der Waals surface area contributed by atoms with Crippen LogP contribution in [0.1, 0.15) is 10.4 Å². The number of aryl methyl sites for hydroxylation is 1. The average molecular weight is 323 g/mol. The number of ether oxygens (including phenoxy) is 2. The molecule has 0 unspecified atom stereocenters. The highest BCUT2D eigenvalue weighted by atomic mass is 16.9. The van der Waals surface area contributed by atoms with Crippen LogP contribution in [0.15, 0.2) is 6.20 Å². The lowest BCUT2D eigenvalue weighted by molar-refractivity contribution is -0.435. The number of aliphatic hydroxyl groups is 6. The van der Waals surface area contributed by atoms with Gasteiger partial charge in [0.25, 0.3) is 11.8 Å². The standard InChI is InChI=1S/C9H13N3O10/c1-12-3-4(7(11-12)22-9(18,19)20)6(14)10-2-5(13)21-8(15,16)17/h3,15-20H,2H2,1H3,(H,10,14). The molecule has 0 aromatic carbocycles. The lowest BCUT2D eigenvalue weighted by Crippen LogP contribution is -2.39. The highest BCUT2D eigenvalue weighted by Gasteiger charge is 2.28. The van der Waals surface area contributed by atoms with Crippen LogP contribution in [-0.4, -0.2) is 71.2 Å². The van der Waals surface area contributed by atoms with Crippen LogP contribution in [0.25, 0.3) is 0 Å². The first-order valence-electron chi connectivity index (χ1n) is 5.44. The maximum atomic E-state index is 11.8. The molecular formula is C9H13N3O10. The van der Waals surface area contributed by atoms with E-state index in [4.69, 9.17) is 30.6 Å². The van der Waals surface area contributed by atoms with Gasteiger partial charge in [0.05, 0.1) is 0 Å². The minimum atomic E-state index is -3.69. The first kappa shape index (κ1) is 17.8. The summed E-state index contributed by atoms with van der Waals surface area (Å²) < 4.78 is 8.92. The molecular weight excluding hydrogens is 310 g/mol. The molecule has 22 heavy (non-hydrogen) atoms. The second kappa shape index (κ2) is 6.22. The fourth-order valence-corrected chi connectivity index (χ4v) is 1.27. The number of carbonyl (C=O) groups is 2. The van der Waals surface area contributed by atoms with E-state index in [0.29, 0.717) is 0 Å². The van der Waals surface area contributed by atoms with Crippen molar-refractivity contribution in [2.24, 2.45) is 7.05 Å². The molecule has 1 rings (SSSR count). The van der Waals surface area contributed by atoms with Crippen molar-refractivity contribution in [1.29, 1.82) is 0 Å². The molecule has 0 saturated heterocycles. The minimum Gasteiger partial charge on any atom is -0.396 e. The highest BCUT2D eigenvalue weighted by molar-refractivity contribution is 5.97. The smallest absolute Gasteiger partial charge is 0.396 e. The Kier molecular flexibility index (Phi) is 5.02. The Bertz CT molecular complexity index is 555. The summed E-state index contributed by atoms with van der Waals surface area (Å²) in [7, 11) is 1.35. The van der Waals surface area contributed by atoms with Crippen LogP contribution in [0.3, 0.4) is 0 Å². The normalized spacial score (nSPS) is 12.0. The van der Waals surface area contributed by atoms with E-state index in [1.807, 2.05) is 5.32 Å². The first-order valence-corrected chi connectivity index (χ1v) is 5.44. The Labute approximate surface area is 121 Å². The summed E-state index contributed by atoms with van der Waals surface area (Å²) >= 11 is 0. The van der Waals surface area contributed by atoms with Crippen molar-refractivity contribution in [2.45, 2.75) is 12.3 Å². The minimum absolute atomic E-state index is 0.389. The van der Waals surface area contributed by atoms with Crippen LogP contribution in [0.4, 0.5) is 0 Å². The fraction of sp³-hybridized carbons (Fsp3) is 0.444. The van der Waals surface area contributed by atoms with Gasteiger partial charge in [0.1, 0.15) is 12.1 Å². The number of rotatable bonds is 6. The Balaban J connectivity index is 2.72. The monoisotopic (exact) mass is 323 g/mol. The fourth-order valence-electron chi connectivity index (χ4n) is 1.27. The number of hydrogen-bond acceptors (Lipinski definition) is 11. The van der Waals surface area contributed by atoms with Gasteiger partial charge in [-0.25, -0.2) is 4.79 Å². The van der Waals surface area contributed by atoms with Gasteiger partial charge in [-0.05, 0) is 0 Å². The summed E-state index contributed by atoms with van der Waals surface area (Å²) in [5.74, 6) is -3.07. The molecule has 1 aromatic heterocycles. The van der Waals surface area contributed by atoms with Crippen LogP contribution < -0.4 is 10.1 Å². The van der Waals surface area contributed by atoms with E-state index in [1.165, 1.54) is 7.05 Å². The summed E-state index contributed by atoms with van der Waals surface area (Å²) in [5, 5.41) is 56.7. The van der Waals surface area contributed by atoms with Crippen molar-refractivity contribution >= 4 is 11.9 Å². The molecule has 124 valence electrons. The van der Waals surface area contributed by atoms with Gasteiger partial charge in [0, 0.05) is 13.2 Å². The van der Waals surface area contributed by atoms with Gasteiger partial charge in [-0.1, -0.05) is 0 Å². The zero-order chi connectivity index (χ0) is 17.1. The molecule has 1 aromatic rings. The largest absolute Gasteiger partial charge is 0.455 e. The third kappa shape index (κ3) is 6.00.